The van der Waals surface area contributed by atoms with Crippen molar-refractivity contribution >= 4 is 46.5 Å². The number of benzene rings is 1. The van der Waals surface area contributed by atoms with Crippen molar-refractivity contribution in [3.63, 3.8) is 0 Å². The number of nitrogens with zero attached hydrogens (tertiary/aromatic N) is 4. The van der Waals surface area contributed by atoms with Crippen LogP contribution < -0.4 is 16.0 Å². The molecule has 0 aliphatic rings. The molecule has 3 rings (SSSR count). The van der Waals surface area contributed by atoms with Gasteiger partial charge in [0.25, 0.3) is 0 Å². The molecular weight excluding hydrogens is 427 g/mol. The van der Waals surface area contributed by atoms with E-state index < -0.39 is 5.82 Å². The molecule has 11 heteroatoms. The monoisotopic (exact) mass is 446 g/mol. The molecule has 0 amide bonds. The van der Waals surface area contributed by atoms with Crippen LogP contribution in [0.15, 0.2) is 41.8 Å². The molecule has 8 nitrogen and oxygen atoms in total. The standard InChI is InChI=1S/C19H20ClFN8S/c1-11-7-12(2)26-18(25-11)28-17(23-6-5-14-9-22-10-24-14)29-19(30)27-13-3-4-16(21)15(20)8-13/h3-4,7-10H,5-6H2,1-2H3,(H,22,24)(H3,23,25,26,27,28,29,30). The fraction of sp³-hybridized carbons (Fsp3) is 0.211. The first-order chi connectivity index (χ1) is 14.4. The fourth-order valence-electron chi connectivity index (χ4n) is 2.55. The highest BCUT2D eigenvalue weighted by Gasteiger charge is 2.08. The second-order valence-electron chi connectivity index (χ2n) is 6.36. The minimum Gasteiger partial charge on any atom is -0.348 e. The van der Waals surface area contributed by atoms with E-state index in [2.05, 4.69) is 40.9 Å². The molecule has 2 heterocycles. The van der Waals surface area contributed by atoms with Crippen molar-refractivity contribution in [2.24, 2.45) is 4.99 Å². The number of aryl methyl sites for hydroxylation is 2. The Hall–Kier alpha value is -3.11. The van der Waals surface area contributed by atoms with Crippen molar-refractivity contribution in [2.45, 2.75) is 20.3 Å². The SMILES string of the molecule is Cc1cc(C)nc(NC(=NCCc2cnc[nH]2)NC(=S)Nc2ccc(F)c(Cl)c2)n1. The average molecular weight is 447 g/mol. The van der Waals surface area contributed by atoms with Gasteiger partial charge in [-0.2, -0.15) is 0 Å². The number of H-pyrrole nitrogens is 1. The maximum atomic E-state index is 13.4. The van der Waals surface area contributed by atoms with Gasteiger partial charge in [0.05, 0.1) is 11.3 Å². The molecule has 30 heavy (non-hydrogen) atoms. The summed E-state index contributed by atoms with van der Waals surface area (Å²) in [5, 5.41) is 9.23. The van der Waals surface area contributed by atoms with E-state index in [1.807, 2.05) is 19.9 Å². The first-order valence-electron chi connectivity index (χ1n) is 9.03. The highest BCUT2D eigenvalue weighted by Crippen LogP contribution is 2.19. The van der Waals surface area contributed by atoms with Crippen molar-refractivity contribution < 1.29 is 4.39 Å². The van der Waals surface area contributed by atoms with Crippen LogP contribution in [0.5, 0.6) is 0 Å². The molecule has 0 radical (unpaired) electrons. The van der Waals surface area contributed by atoms with Gasteiger partial charge in [-0.3, -0.25) is 10.3 Å². The number of aliphatic imine (C=N–C) groups is 1. The molecule has 4 N–H and O–H groups in total. The van der Waals surface area contributed by atoms with Crippen LogP contribution in [0.2, 0.25) is 5.02 Å². The number of hydrogen-bond acceptors (Lipinski definition) is 5. The highest BCUT2D eigenvalue weighted by molar-refractivity contribution is 7.80. The molecule has 0 spiro atoms. The van der Waals surface area contributed by atoms with Crippen molar-refractivity contribution in [1.29, 1.82) is 0 Å². The first kappa shape index (κ1) is 21.6. The summed E-state index contributed by atoms with van der Waals surface area (Å²) in [7, 11) is 0. The molecule has 156 valence electrons. The second-order valence-corrected chi connectivity index (χ2v) is 7.18. The molecule has 0 unspecified atom stereocenters. The maximum Gasteiger partial charge on any atom is 0.229 e. The Labute approximate surface area is 183 Å². The smallest absolute Gasteiger partial charge is 0.229 e. The normalized spacial score (nSPS) is 11.3. The van der Waals surface area contributed by atoms with Crippen molar-refractivity contribution in [3.8, 4) is 0 Å². The summed E-state index contributed by atoms with van der Waals surface area (Å²) >= 11 is 11.2. The molecule has 3 aromatic rings. The number of halogens is 2. The number of thiocarbonyl (C=S) groups is 1. The lowest BCUT2D eigenvalue weighted by atomic mass is 10.3. The quantitative estimate of drug-likeness (QED) is 0.270. The van der Waals surface area contributed by atoms with E-state index in [0.29, 0.717) is 30.6 Å². The third-order valence-electron chi connectivity index (χ3n) is 3.83. The van der Waals surface area contributed by atoms with Gasteiger partial charge in [-0.15, -0.1) is 0 Å². The molecule has 0 bridgehead atoms. The molecule has 0 saturated heterocycles. The number of imidazole rings is 1. The van der Waals surface area contributed by atoms with Gasteiger partial charge >= 0.3 is 0 Å². The van der Waals surface area contributed by atoms with Gasteiger partial charge in [0.15, 0.2) is 5.11 Å². The van der Waals surface area contributed by atoms with Crippen molar-refractivity contribution in [2.75, 3.05) is 17.2 Å². The number of anilines is 2. The third kappa shape index (κ3) is 6.46. The molecule has 0 aliphatic carbocycles. The van der Waals surface area contributed by atoms with Gasteiger partial charge in [0.1, 0.15) is 5.82 Å². The molecule has 2 aromatic heterocycles. The number of nitrogens with one attached hydrogen (secondary N) is 4. The summed E-state index contributed by atoms with van der Waals surface area (Å²) in [5.74, 6) is 0.258. The summed E-state index contributed by atoms with van der Waals surface area (Å²) in [6.07, 6.45) is 4.02. The molecule has 1 aromatic carbocycles. The van der Waals surface area contributed by atoms with Gasteiger partial charge in [0.2, 0.25) is 11.9 Å². The van der Waals surface area contributed by atoms with Crippen LogP contribution in [0.4, 0.5) is 16.0 Å². The zero-order chi connectivity index (χ0) is 21.5. The zero-order valence-electron chi connectivity index (χ0n) is 16.3. The molecule has 0 saturated carbocycles. The van der Waals surface area contributed by atoms with Crippen LogP contribution in [0.1, 0.15) is 17.1 Å². The van der Waals surface area contributed by atoms with Crippen LogP contribution >= 0.6 is 23.8 Å². The lowest BCUT2D eigenvalue weighted by Crippen LogP contribution is -2.39. The molecule has 0 atom stereocenters. The Kier molecular flexibility index (Phi) is 7.26. The van der Waals surface area contributed by atoms with Gasteiger partial charge in [-0.1, -0.05) is 11.6 Å². The minimum atomic E-state index is -0.504. The van der Waals surface area contributed by atoms with Crippen LogP contribution in [0.25, 0.3) is 0 Å². The number of guanidine groups is 1. The Morgan fingerprint density at radius 1 is 1.20 bits per heavy atom. The average Bonchev–Trinajstić information content (AvgIpc) is 3.17. The van der Waals surface area contributed by atoms with E-state index in [1.165, 1.54) is 18.2 Å². The summed E-state index contributed by atoms with van der Waals surface area (Å²) < 4.78 is 13.4. The lowest BCUT2D eigenvalue weighted by molar-refractivity contribution is 0.628. The van der Waals surface area contributed by atoms with Crippen LogP contribution in [-0.2, 0) is 6.42 Å². The van der Waals surface area contributed by atoms with Gasteiger partial charge in [0, 0.05) is 41.9 Å². The number of aromatic amines is 1. The van der Waals surface area contributed by atoms with Crippen LogP contribution in [0, 0.1) is 19.7 Å². The number of aromatic nitrogens is 4. The predicted molar refractivity (Wildman–Crippen MR) is 120 cm³/mol. The van der Waals surface area contributed by atoms with E-state index in [1.54, 1.807) is 12.5 Å². The molecule has 0 fully saturated rings. The maximum absolute atomic E-state index is 13.4. The summed E-state index contributed by atoms with van der Waals surface area (Å²) in [5.41, 5.74) is 3.15. The van der Waals surface area contributed by atoms with E-state index >= 15 is 0 Å². The van der Waals surface area contributed by atoms with Crippen molar-refractivity contribution in [3.05, 3.63) is 64.7 Å². The summed E-state index contributed by atoms with van der Waals surface area (Å²) in [6.45, 7) is 4.23. The first-order valence-corrected chi connectivity index (χ1v) is 9.82. The van der Waals surface area contributed by atoms with E-state index in [9.17, 15) is 4.39 Å². The van der Waals surface area contributed by atoms with E-state index in [4.69, 9.17) is 23.8 Å². The Balaban J connectivity index is 1.71. The van der Waals surface area contributed by atoms with E-state index in [0.717, 1.165) is 17.1 Å². The largest absolute Gasteiger partial charge is 0.348 e. The third-order valence-corrected chi connectivity index (χ3v) is 4.32. The van der Waals surface area contributed by atoms with Crippen LogP contribution in [0.3, 0.4) is 0 Å². The van der Waals surface area contributed by atoms with Gasteiger partial charge in [-0.25, -0.2) is 19.3 Å². The Bertz CT molecular complexity index is 1030. The predicted octanol–water partition coefficient (Wildman–Crippen LogP) is 3.61. The van der Waals surface area contributed by atoms with Gasteiger partial charge in [-0.05, 0) is 50.3 Å². The number of hydrogen-bond donors (Lipinski definition) is 4. The number of rotatable bonds is 5. The Morgan fingerprint density at radius 3 is 2.63 bits per heavy atom. The lowest BCUT2D eigenvalue weighted by Gasteiger charge is -2.14. The second kappa shape index (κ2) is 10.1. The van der Waals surface area contributed by atoms with Crippen LogP contribution in [-0.4, -0.2) is 37.6 Å². The minimum absolute atomic E-state index is 0.00184. The fourth-order valence-corrected chi connectivity index (χ4v) is 2.95. The summed E-state index contributed by atoms with van der Waals surface area (Å²) in [4.78, 5) is 20.3. The topological polar surface area (TPSA) is 103 Å². The van der Waals surface area contributed by atoms with E-state index in [-0.39, 0.29) is 10.1 Å². The highest BCUT2D eigenvalue weighted by atomic mass is 35.5. The van der Waals surface area contributed by atoms with Gasteiger partial charge < -0.3 is 15.6 Å². The zero-order valence-corrected chi connectivity index (χ0v) is 17.9. The van der Waals surface area contributed by atoms with Crippen molar-refractivity contribution in [1.82, 2.24) is 25.3 Å². The molecule has 0 aliphatic heterocycles. The molecular formula is C19H20ClFN8S. The Morgan fingerprint density at radius 2 is 1.97 bits per heavy atom. The summed E-state index contributed by atoms with van der Waals surface area (Å²) in [6, 6.07) is 6.11.